The second-order valence-electron chi connectivity index (χ2n) is 6.49. The summed E-state index contributed by atoms with van der Waals surface area (Å²) in [5.74, 6) is 3.47. The summed E-state index contributed by atoms with van der Waals surface area (Å²) in [5, 5.41) is 3.48. The van der Waals surface area contributed by atoms with Gasteiger partial charge in [0.05, 0.1) is 0 Å². The molecule has 1 unspecified atom stereocenters. The molecule has 1 aliphatic heterocycles. The summed E-state index contributed by atoms with van der Waals surface area (Å²) in [6.07, 6.45) is 3.56. The van der Waals surface area contributed by atoms with E-state index in [0.717, 1.165) is 48.6 Å². The predicted molar refractivity (Wildman–Crippen MR) is 96.5 cm³/mol. The van der Waals surface area contributed by atoms with Gasteiger partial charge in [-0.25, -0.2) is 9.97 Å². The highest BCUT2D eigenvalue weighted by molar-refractivity contribution is 5.63. The number of aromatic nitrogens is 2. The van der Waals surface area contributed by atoms with E-state index in [0.29, 0.717) is 0 Å². The highest BCUT2D eigenvalue weighted by Crippen LogP contribution is 2.25. The van der Waals surface area contributed by atoms with Gasteiger partial charge in [0.25, 0.3) is 0 Å². The van der Waals surface area contributed by atoms with Crippen LogP contribution in [-0.2, 0) is 6.42 Å². The largest absolute Gasteiger partial charge is 0.356 e. The molecule has 4 heteroatoms. The van der Waals surface area contributed by atoms with Crippen molar-refractivity contribution in [3.63, 3.8) is 0 Å². The van der Waals surface area contributed by atoms with Gasteiger partial charge in [-0.05, 0) is 43.7 Å². The van der Waals surface area contributed by atoms with Crippen LogP contribution in [0, 0.1) is 12.8 Å². The first kappa shape index (κ1) is 15.8. The third-order valence-corrected chi connectivity index (χ3v) is 4.47. The van der Waals surface area contributed by atoms with Gasteiger partial charge in [0, 0.05) is 24.8 Å². The van der Waals surface area contributed by atoms with Gasteiger partial charge < -0.3 is 10.2 Å². The van der Waals surface area contributed by atoms with Crippen molar-refractivity contribution in [1.82, 2.24) is 9.97 Å². The molecule has 0 bridgehead atoms. The molecule has 3 rings (SSSR count). The third-order valence-electron chi connectivity index (χ3n) is 4.47. The summed E-state index contributed by atoms with van der Waals surface area (Å²) in [5.41, 5.74) is 2.43. The van der Waals surface area contributed by atoms with Crippen molar-refractivity contribution in [2.45, 2.75) is 40.0 Å². The Morgan fingerprint density at radius 2 is 2.09 bits per heavy atom. The zero-order valence-electron chi connectivity index (χ0n) is 14.3. The van der Waals surface area contributed by atoms with Gasteiger partial charge in [0.1, 0.15) is 17.5 Å². The number of hydrogen-bond acceptors (Lipinski definition) is 4. The van der Waals surface area contributed by atoms with Crippen molar-refractivity contribution in [1.29, 1.82) is 0 Å². The van der Waals surface area contributed by atoms with Crippen molar-refractivity contribution >= 4 is 17.3 Å². The van der Waals surface area contributed by atoms with E-state index in [4.69, 9.17) is 0 Å². The molecule has 1 N–H and O–H groups in total. The number of para-hydroxylation sites is 1. The lowest BCUT2D eigenvalue weighted by Crippen LogP contribution is -2.35. The number of nitrogens with one attached hydrogen (secondary N) is 1. The quantitative estimate of drug-likeness (QED) is 0.912. The molecule has 1 aliphatic rings. The molecule has 1 atom stereocenters. The van der Waals surface area contributed by atoms with Gasteiger partial charge in [-0.3, -0.25) is 0 Å². The van der Waals surface area contributed by atoms with E-state index in [2.05, 4.69) is 64.4 Å². The molecule has 2 aromatic rings. The lowest BCUT2D eigenvalue weighted by atomic mass is 10.0. The number of rotatable bonds is 4. The van der Waals surface area contributed by atoms with Crippen molar-refractivity contribution < 1.29 is 0 Å². The molecular weight excluding hydrogens is 284 g/mol. The minimum atomic E-state index is 0.733. The maximum atomic E-state index is 4.65. The maximum absolute atomic E-state index is 4.65. The standard InChI is InChI=1S/C19H26N4/c1-4-16-9-5-6-10-17(16)22-18-12-19(21-15(3)20-18)23-11-7-8-14(2)13-23/h5-6,9-10,12,14H,4,7-8,11,13H2,1-3H3,(H,20,21,22). The fraction of sp³-hybridized carbons (Fsp3) is 0.474. The Morgan fingerprint density at radius 1 is 1.26 bits per heavy atom. The summed E-state index contributed by atoms with van der Waals surface area (Å²) >= 11 is 0. The van der Waals surface area contributed by atoms with E-state index in [1.165, 1.54) is 18.4 Å². The highest BCUT2D eigenvalue weighted by Gasteiger charge is 2.18. The van der Waals surface area contributed by atoms with E-state index in [1.54, 1.807) is 0 Å². The molecule has 0 radical (unpaired) electrons. The van der Waals surface area contributed by atoms with Gasteiger partial charge in [0.15, 0.2) is 0 Å². The fourth-order valence-electron chi connectivity index (χ4n) is 3.26. The summed E-state index contributed by atoms with van der Waals surface area (Å²) in [6, 6.07) is 10.5. The zero-order valence-corrected chi connectivity index (χ0v) is 14.3. The molecule has 2 heterocycles. The minimum absolute atomic E-state index is 0.733. The van der Waals surface area contributed by atoms with Gasteiger partial charge in [-0.15, -0.1) is 0 Å². The van der Waals surface area contributed by atoms with E-state index in [9.17, 15) is 0 Å². The van der Waals surface area contributed by atoms with Crippen LogP contribution in [0.5, 0.6) is 0 Å². The number of aryl methyl sites for hydroxylation is 2. The van der Waals surface area contributed by atoms with Crippen molar-refractivity contribution in [2.75, 3.05) is 23.3 Å². The van der Waals surface area contributed by atoms with Gasteiger partial charge >= 0.3 is 0 Å². The van der Waals surface area contributed by atoms with Crippen LogP contribution in [0.3, 0.4) is 0 Å². The second-order valence-corrected chi connectivity index (χ2v) is 6.49. The smallest absolute Gasteiger partial charge is 0.136 e. The Bertz CT molecular complexity index is 668. The molecule has 122 valence electrons. The Morgan fingerprint density at radius 3 is 2.87 bits per heavy atom. The van der Waals surface area contributed by atoms with Gasteiger partial charge in [0.2, 0.25) is 0 Å². The Balaban J connectivity index is 1.85. The Labute approximate surface area is 139 Å². The number of anilines is 3. The summed E-state index contributed by atoms with van der Waals surface area (Å²) in [7, 11) is 0. The van der Waals surface area contributed by atoms with Crippen LogP contribution in [0.1, 0.15) is 38.1 Å². The third kappa shape index (κ3) is 3.81. The average molecular weight is 310 g/mol. The van der Waals surface area contributed by atoms with Crippen molar-refractivity contribution in [2.24, 2.45) is 5.92 Å². The predicted octanol–water partition coefficient (Wildman–Crippen LogP) is 4.33. The van der Waals surface area contributed by atoms with E-state index >= 15 is 0 Å². The number of piperidine rings is 1. The molecule has 0 amide bonds. The summed E-state index contributed by atoms with van der Waals surface area (Å²) in [6.45, 7) is 8.63. The zero-order chi connectivity index (χ0) is 16.2. The van der Waals surface area contributed by atoms with Crippen LogP contribution >= 0.6 is 0 Å². The van der Waals surface area contributed by atoms with Crippen LogP contribution < -0.4 is 10.2 Å². The first-order valence-corrected chi connectivity index (χ1v) is 8.61. The first-order chi connectivity index (χ1) is 11.2. The topological polar surface area (TPSA) is 41.0 Å². The first-order valence-electron chi connectivity index (χ1n) is 8.61. The van der Waals surface area contributed by atoms with Gasteiger partial charge in [-0.2, -0.15) is 0 Å². The summed E-state index contributed by atoms with van der Waals surface area (Å²) < 4.78 is 0. The van der Waals surface area contributed by atoms with Gasteiger partial charge in [-0.1, -0.05) is 32.0 Å². The maximum Gasteiger partial charge on any atom is 0.136 e. The lowest BCUT2D eigenvalue weighted by molar-refractivity contribution is 0.444. The molecule has 0 spiro atoms. The van der Waals surface area contributed by atoms with Crippen molar-refractivity contribution in [3.8, 4) is 0 Å². The number of benzene rings is 1. The molecule has 1 aromatic heterocycles. The summed E-state index contributed by atoms with van der Waals surface area (Å²) in [4.78, 5) is 11.6. The highest BCUT2D eigenvalue weighted by atomic mass is 15.2. The van der Waals surface area contributed by atoms with Crippen LogP contribution in [0.2, 0.25) is 0 Å². The van der Waals surface area contributed by atoms with Crippen LogP contribution in [-0.4, -0.2) is 23.1 Å². The molecular formula is C19H26N4. The fourth-order valence-corrected chi connectivity index (χ4v) is 3.26. The molecule has 1 fully saturated rings. The normalized spacial score (nSPS) is 18.0. The molecule has 0 saturated carbocycles. The van der Waals surface area contributed by atoms with Crippen molar-refractivity contribution in [3.05, 3.63) is 41.7 Å². The number of nitrogens with zero attached hydrogens (tertiary/aromatic N) is 3. The molecule has 1 saturated heterocycles. The van der Waals surface area contributed by atoms with Crippen LogP contribution in [0.25, 0.3) is 0 Å². The average Bonchev–Trinajstić information content (AvgIpc) is 2.55. The second kappa shape index (κ2) is 6.99. The van der Waals surface area contributed by atoms with E-state index in [1.807, 2.05) is 6.92 Å². The number of hydrogen-bond donors (Lipinski definition) is 1. The van der Waals surface area contributed by atoms with E-state index in [-0.39, 0.29) is 0 Å². The Hall–Kier alpha value is -2.10. The van der Waals surface area contributed by atoms with Crippen LogP contribution in [0.4, 0.5) is 17.3 Å². The SMILES string of the molecule is CCc1ccccc1Nc1cc(N2CCCC(C)C2)nc(C)n1. The Kier molecular flexibility index (Phi) is 4.79. The minimum Gasteiger partial charge on any atom is -0.356 e. The van der Waals surface area contributed by atoms with Crippen LogP contribution in [0.15, 0.2) is 30.3 Å². The lowest BCUT2D eigenvalue weighted by Gasteiger charge is -2.32. The molecule has 0 aliphatic carbocycles. The molecule has 1 aromatic carbocycles. The van der Waals surface area contributed by atoms with E-state index < -0.39 is 0 Å². The molecule has 4 nitrogen and oxygen atoms in total. The monoisotopic (exact) mass is 310 g/mol. The molecule has 23 heavy (non-hydrogen) atoms.